The van der Waals surface area contributed by atoms with E-state index in [1.165, 1.54) is 6.33 Å². The number of benzene rings is 1. The number of nitrogens with one attached hydrogen (secondary N) is 1. The second kappa shape index (κ2) is 6.83. The van der Waals surface area contributed by atoms with Crippen molar-refractivity contribution in [3.63, 3.8) is 0 Å². The molecule has 1 aromatic heterocycles. The van der Waals surface area contributed by atoms with E-state index in [4.69, 9.17) is 11.6 Å². The molecule has 0 radical (unpaired) electrons. The van der Waals surface area contributed by atoms with Gasteiger partial charge in [0.1, 0.15) is 18.0 Å². The van der Waals surface area contributed by atoms with Crippen LogP contribution in [0.4, 0.5) is 17.3 Å². The van der Waals surface area contributed by atoms with Crippen molar-refractivity contribution in [3.05, 3.63) is 41.7 Å². The summed E-state index contributed by atoms with van der Waals surface area (Å²) in [6.45, 7) is 1.28. The molecule has 0 spiro atoms. The number of carboxylic acid groups (broad SMARTS) is 1. The summed E-state index contributed by atoms with van der Waals surface area (Å²) in [6.07, 6.45) is 3.04. The molecule has 6 nitrogen and oxygen atoms in total. The fraction of sp³-hybridized carbons (Fsp3) is 0.312. The molecule has 120 valence electrons. The number of hydrogen-bond acceptors (Lipinski definition) is 5. The lowest BCUT2D eigenvalue weighted by atomic mass is 9.98. The number of piperidine rings is 1. The fourth-order valence-corrected chi connectivity index (χ4v) is 2.88. The van der Waals surface area contributed by atoms with Gasteiger partial charge in [0, 0.05) is 29.9 Å². The lowest BCUT2D eigenvalue weighted by Crippen LogP contribution is -2.39. The molecule has 0 bridgehead atoms. The Balaban J connectivity index is 1.75. The maximum atomic E-state index is 11.2. The third-order valence-electron chi connectivity index (χ3n) is 3.84. The highest BCUT2D eigenvalue weighted by molar-refractivity contribution is 6.30. The molecule has 7 heteroatoms. The van der Waals surface area contributed by atoms with Crippen molar-refractivity contribution in [1.82, 2.24) is 9.97 Å². The van der Waals surface area contributed by atoms with Gasteiger partial charge in [-0.15, -0.1) is 0 Å². The Morgan fingerprint density at radius 1 is 1.35 bits per heavy atom. The monoisotopic (exact) mass is 332 g/mol. The number of rotatable bonds is 4. The predicted octanol–water partition coefficient (Wildman–Crippen LogP) is 3.17. The van der Waals surface area contributed by atoms with Gasteiger partial charge in [0.2, 0.25) is 0 Å². The number of aliphatic carboxylic acids is 1. The molecule has 1 aromatic carbocycles. The maximum Gasteiger partial charge on any atom is 0.308 e. The molecule has 0 aliphatic carbocycles. The van der Waals surface area contributed by atoms with Crippen LogP contribution in [-0.4, -0.2) is 34.1 Å². The van der Waals surface area contributed by atoms with Crippen molar-refractivity contribution in [2.45, 2.75) is 12.8 Å². The van der Waals surface area contributed by atoms with Crippen LogP contribution in [-0.2, 0) is 4.79 Å². The highest BCUT2D eigenvalue weighted by Crippen LogP contribution is 2.24. The van der Waals surface area contributed by atoms with Crippen LogP contribution in [0, 0.1) is 5.92 Å². The van der Waals surface area contributed by atoms with Crippen LogP contribution in [0.1, 0.15) is 12.8 Å². The quantitative estimate of drug-likeness (QED) is 0.895. The fourth-order valence-electron chi connectivity index (χ4n) is 2.69. The van der Waals surface area contributed by atoms with E-state index in [9.17, 15) is 9.90 Å². The zero-order valence-electron chi connectivity index (χ0n) is 12.4. The molecule has 1 fully saturated rings. The Morgan fingerprint density at radius 3 is 3.00 bits per heavy atom. The average molecular weight is 333 g/mol. The molecular formula is C16H17ClN4O2. The second-order valence-corrected chi connectivity index (χ2v) is 5.96. The third-order valence-corrected chi connectivity index (χ3v) is 4.08. The molecule has 1 unspecified atom stereocenters. The second-order valence-electron chi connectivity index (χ2n) is 5.52. The van der Waals surface area contributed by atoms with Gasteiger partial charge in [-0.1, -0.05) is 17.7 Å². The van der Waals surface area contributed by atoms with Gasteiger partial charge >= 0.3 is 5.97 Å². The van der Waals surface area contributed by atoms with Gasteiger partial charge in [-0.2, -0.15) is 0 Å². The van der Waals surface area contributed by atoms with E-state index in [1.54, 1.807) is 6.07 Å². The average Bonchev–Trinajstić information content (AvgIpc) is 2.55. The minimum absolute atomic E-state index is 0.344. The topological polar surface area (TPSA) is 78.4 Å². The Hall–Kier alpha value is -2.34. The SMILES string of the molecule is O=C(O)C1CCCN(c2cc(Nc3cccc(Cl)c3)ncn2)C1. The highest BCUT2D eigenvalue weighted by Gasteiger charge is 2.26. The van der Waals surface area contributed by atoms with E-state index >= 15 is 0 Å². The van der Waals surface area contributed by atoms with Crippen molar-refractivity contribution in [1.29, 1.82) is 0 Å². The molecule has 3 rings (SSSR count). The lowest BCUT2D eigenvalue weighted by Gasteiger charge is -2.31. The summed E-state index contributed by atoms with van der Waals surface area (Å²) in [5.74, 6) is 0.286. The Bertz CT molecular complexity index is 710. The Labute approximate surface area is 139 Å². The van der Waals surface area contributed by atoms with Crippen LogP contribution < -0.4 is 10.2 Å². The van der Waals surface area contributed by atoms with Gasteiger partial charge in [0.05, 0.1) is 5.92 Å². The molecule has 1 aliphatic rings. The van der Waals surface area contributed by atoms with Gasteiger partial charge in [0.15, 0.2) is 0 Å². The number of hydrogen-bond donors (Lipinski definition) is 2. The molecule has 1 aliphatic heterocycles. The van der Waals surface area contributed by atoms with E-state index in [1.807, 2.05) is 29.2 Å². The summed E-state index contributed by atoms with van der Waals surface area (Å²) in [6, 6.07) is 9.19. The minimum Gasteiger partial charge on any atom is -0.481 e. The van der Waals surface area contributed by atoms with Crippen molar-refractivity contribution < 1.29 is 9.90 Å². The number of carboxylic acids is 1. The Morgan fingerprint density at radius 2 is 2.22 bits per heavy atom. The number of anilines is 3. The largest absolute Gasteiger partial charge is 0.481 e. The molecule has 1 atom stereocenters. The van der Waals surface area contributed by atoms with Gasteiger partial charge in [-0.3, -0.25) is 4.79 Å². The molecule has 1 saturated heterocycles. The molecular weight excluding hydrogens is 316 g/mol. The van der Waals surface area contributed by atoms with Crippen molar-refractivity contribution >= 4 is 34.9 Å². The zero-order chi connectivity index (χ0) is 16.2. The molecule has 23 heavy (non-hydrogen) atoms. The van der Waals surface area contributed by atoms with Crippen LogP contribution in [0.3, 0.4) is 0 Å². The number of halogens is 1. The van der Waals surface area contributed by atoms with Gasteiger partial charge in [-0.05, 0) is 31.0 Å². The smallest absolute Gasteiger partial charge is 0.308 e. The lowest BCUT2D eigenvalue weighted by molar-refractivity contribution is -0.141. The standard InChI is InChI=1S/C16H17ClN4O2/c17-12-4-1-5-13(7-12)20-14-8-15(19-10-18-14)21-6-2-3-11(9-21)16(22)23/h1,4-5,7-8,10-11H,2-3,6,9H2,(H,22,23)(H,18,19,20). The zero-order valence-corrected chi connectivity index (χ0v) is 13.2. The van der Waals surface area contributed by atoms with Crippen LogP contribution in [0.15, 0.2) is 36.7 Å². The number of aromatic nitrogens is 2. The molecule has 2 aromatic rings. The van der Waals surface area contributed by atoms with Crippen molar-refractivity contribution in [2.24, 2.45) is 5.92 Å². The summed E-state index contributed by atoms with van der Waals surface area (Å²) < 4.78 is 0. The van der Waals surface area contributed by atoms with Crippen LogP contribution in [0.25, 0.3) is 0 Å². The van der Waals surface area contributed by atoms with Crippen LogP contribution >= 0.6 is 11.6 Å². The first-order valence-electron chi connectivity index (χ1n) is 7.44. The third kappa shape index (κ3) is 3.90. The maximum absolute atomic E-state index is 11.2. The van der Waals surface area contributed by atoms with Gasteiger partial charge in [-0.25, -0.2) is 9.97 Å². The summed E-state index contributed by atoms with van der Waals surface area (Å²) in [7, 11) is 0. The first-order valence-corrected chi connectivity index (χ1v) is 7.82. The van der Waals surface area contributed by atoms with Crippen molar-refractivity contribution in [2.75, 3.05) is 23.3 Å². The minimum atomic E-state index is -0.749. The summed E-state index contributed by atoms with van der Waals surface area (Å²) >= 11 is 5.97. The highest BCUT2D eigenvalue weighted by atomic mass is 35.5. The number of carbonyl (C=O) groups is 1. The van der Waals surface area contributed by atoms with Gasteiger partial charge < -0.3 is 15.3 Å². The van der Waals surface area contributed by atoms with E-state index in [0.717, 1.165) is 24.5 Å². The molecule has 2 N–H and O–H groups in total. The molecule has 0 saturated carbocycles. The first-order chi connectivity index (χ1) is 11.1. The van der Waals surface area contributed by atoms with E-state index in [2.05, 4.69) is 15.3 Å². The van der Waals surface area contributed by atoms with E-state index < -0.39 is 5.97 Å². The van der Waals surface area contributed by atoms with Crippen LogP contribution in [0.2, 0.25) is 5.02 Å². The normalized spacial score (nSPS) is 17.8. The van der Waals surface area contributed by atoms with Crippen LogP contribution in [0.5, 0.6) is 0 Å². The predicted molar refractivity (Wildman–Crippen MR) is 89.3 cm³/mol. The van der Waals surface area contributed by atoms with E-state index in [0.29, 0.717) is 23.8 Å². The molecule has 2 heterocycles. The first kappa shape index (κ1) is 15.6. The van der Waals surface area contributed by atoms with E-state index in [-0.39, 0.29) is 5.92 Å². The molecule has 0 amide bonds. The van der Waals surface area contributed by atoms with Gasteiger partial charge in [0.25, 0.3) is 0 Å². The summed E-state index contributed by atoms with van der Waals surface area (Å²) in [5, 5.41) is 13.0. The van der Waals surface area contributed by atoms with Crippen molar-refractivity contribution in [3.8, 4) is 0 Å². The summed E-state index contributed by atoms with van der Waals surface area (Å²) in [4.78, 5) is 21.7. The Kier molecular flexibility index (Phi) is 4.62. The number of nitrogens with zero attached hydrogens (tertiary/aromatic N) is 3. The summed E-state index contributed by atoms with van der Waals surface area (Å²) in [5.41, 5.74) is 0.837.